The van der Waals surface area contributed by atoms with Crippen molar-refractivity contribution in [3.63, 3.8) is 0 Å². The summed E-state index contributed by atoms with van der Waals surface area (Å²) < 4.78 is 6.55. The van der Waals surface area contributed by atoms with Crippen molar-refractivity contribution in [2.75, 3.05) is 18.5 Å². The summed E-state index contributed by atoms with van der Waals surface area (Å²) in [5.41, 5.74) is 1.85. The predicted octanol–water partition coefficient (Wildman–Crippen LogP) is 4.21. The Hall–Kier alpha value is -2.01. The van der Waals surface area contributed by atoms with Crippen molar-refractivity contribution < 1.29 is 9.53 Å². The first kappa shape index (κ1) is 16.4. The van der Waals surface area contributed by atoms with Crippen molar-refractivity contribution >= 4 is 27.6 Å². The third-order valence-electron chi connectivity index (χ3n) is 3.05. The molecule has 2 aromatic rings. The van der Waals surface area contributed by atoms with Gasteiger partial charge >= 0.3 is 6.03 Å². The SMILES string of the molecule is CCOc1ccccc1CCNC(=O)Nc1ccc(Br)cc1. The zero-order valence-electron chi connectivity index (χ0n) is 12.4. The Morgan fingerprint density at radius 3 is 2.59 bits per heavy atom. The van der Waals surface area contributed by atoms with Gasteiger partial charge < -0.3 is 15.4 Å². The Bertz CT molecular complexity index is 614. The molecule has 0 fully saturated rings. The molecule has 0 spiro atoms. The van der Waals surface area contributed by atoms with Crippen molar-refractivity contribution in [2.24, 2.45) is 0 Å². The molecule has 116 valence electrons. The van der Waals surface area contributed by atoms with E-state index in [9.17, 15) is 4.79 Å². The molecule has 0 radical (unpaired) electrons. The van der Waals surface area contributed by atoms with E-state index < -0.39 is 0 Å². The van der Waals surface area contributed by atoms with Gasteiger partial charge in [-0.2, -0.15) is 0 Å². The smallest absolute Gasteiger partial charge is 0.319 e. The summed E-state index contributed by atoms with van der Waals surface area (Å²) in [7, 11) is 0. The number of hydrogen-bond acceptors (Lipinski definition) is 2. The Balaban J connectivity index is 1.81. The number of benzene rings is 2. The predicted molar refractivity (Wildman–Crippen MR) is 92.5 cm³/mol. The monoisotopic (exact) mass is 362 g/mol. The molecule has 0 aliphatic heterocycles. The van der Waals surface area contributed by atoms with Crippen molar-refractivity contribution in [3.05, 3.63) is 58.6 Å². The van der Waals surface area contributed by atoms with Crippen LogP contribution in [-0.4, -0.2) is 19.2 Å². The zero-order valence-corrected chi connectivity index (χ0v) is 14.0. The van der Waals surface area contributed by atoms with Gasteiger partial charge in [-0.05, 0) is 49.2 Å². The molecule has 0 aliphatic rings. The summed E-state index contributed by atoms with van der Waals surface area (Å²) in [4.78, 5) is 11.8. The van der Waals surface area contributed by atoms with E-state index in [2.05, 4.69) is 26.6 Å². The molecule has 2 amide bonds. The Labute approximate surface area is 139 Å². The molecular weight excluding hydrogens is 344 g/mol. The number of rotatable bonds is 6. The van der Waals surface area contributed by atoms with Gasteiger partial charge in [-0.25, -0.2) is 4.79 Å². The number of carbonyl (C=O) groups excluding carboxylic acids is 1. The van der Waals surface area contributed by atoms with Crippen LogP contribution < -0.4 is 15.4 Å². The Morgan fingerprint density at radius 2 is 1.86 bits per heavy atom. The Morgan fingerprint density at radius 1 is 1.14 bits per heavy atom. The van der Waals surface area contributed by atoms with Crippen molar-refractivity contribution in [3.8, 4) is 5.75 Å². The zero-order chi connectivity index (χ0) is 15.8. The highest BCUT2D eigenvalue weighted by atomic mass is 79.9. The molecule has 22 heavy (non-hydrogen) atoms. The highest BCUT2D eigenvalue weighted by Gasteiger charge is 2.04. The molecule has 5 heteroatoms. The molecule has 2 N–H and O–H groups in total. The van der Waals surface area contributed by atoms with Crippen LogP contribution in [0.3, 0.4) is 0 Å². The summed E-state index contributed by atoms with van der Waals surface area (Å²) in [5, 5.41) is 5.64. The molecule has 0 saturated carbocycles. The van der Waals surface area contributed by atoms with E-state index in [1.807, 2.05) is 55.5 Å². The lowest BCUT2D eigenvalue weighted by atomic mass is 10.1. The van der Waals surface area contributed by atoms with Gasteiger partial charge in [0.25, 0.3) is 0 Å². The average Bonchev–Trinajstić information content (AvgIpc) is 2.51. The molecule has 0 aromatic heterocycles. The fraction of sp³-hybridized carbons (Fsp3) is 0.235. The number of anilines is 1. The fourth-order valence-corrected chi connectivity index (χ4v) is 2.29. The standard InChI is InChI=1S/C17H19BrN2O2/c1-2-22-16-6-4-3-5-13(16)11-12-19-17(21)20-15-9-7-14(18)8-10-15/h3-10H,2,11-12H2,1H3,(H2,19,20,21). The van der Waals surface area contributed by atoms with E-state index in [0.29, 0.717) is 13.2 Å². The van der Waals surface area contributed by atoms with Crippen LogP contribution >= 0.6 is 15.9 Å². The summed E-state index contributed by atoms with van der Waals surface area (Å²) in [6, 6.07) is 15.1. The van der Waals surface area contributed by atoms with Crippen LogP contribution in [0, 0.1) is 0 Å². The minimum Gasteiger partial charge on any atom is -0.494 e. The van der Waals surface area contributed by atoms with Crippen LogP contribution in [0.5, 0.6) is 5.75 Å². The van der Waals surface area contributed by atoms with Crippen LogP contribution in [0.1, 0.15) is 12.5 Å². The average molecular weight is 363 g/mol. The van der Waals surface area contributed by atoms with Crippen LogP contribution in [0.2, 0.25) is 0 Å². The first-order valence-electron chi connectivity index (χ1n) is 7.20. The molecule has 0 bridgehead atoms. The van der Waals surface area contributed by atoms with E-state index in [1.165, 1.54) is 0 Å². The summed E-state index contributed by atoms with van der Waals surface area (Å²) in [6.07, 6.45) is 0.726. The molecule has 0 saturated heterocycles. The first-order chi connectivity index (χ1) is 10.7. The number of halogens is 1. The van der Waals surface area contributed by atoms with Crippen LogP contribution in [-0.2, 0) is 6.42 Å². The largest absolute Gasteiger partial charge is 0.494 e. The van der Waals surface area contributed by atoms with Crippen molar-refractivity contribution in [1.82, 2.24) is 5.32 Å². The number of carbonyl (C=O) groups is 1. The van der Waals surface area contributed by atoms with Gasteiger partial charge in [-0.3, -0.25) is 0 Å². The Kier molecular flexibility index (Phi) is 6.27. The topological polar surface area (TPSA) is 50.4 Å². The van der Waals surface area contributed by atoms with Crippen molar-refractivity contribution in [2.45, 2.75) is 13.3 Å². The van der Waals surface area contributed by atoms with Gasteiger partial charge in [0.05, 0.1) is 6.61 Å². The van der Waals surface area contributed by atoms with Gasteiger partial charge in [-0.15, -0.1) is 0 Å². The number of ether oxygens (including phenoxy) is 1. The molecule has 0 heterocycles. The lowest BCUT2D eigenvalue weighted by molar-refractivity contribution is 0.252. The number of hydrogen-bond donors (Lipinski definition) is 2. The van der Waals surface area contributed by atoms with E-state index >= 15 is 0 Å². The van der Waals surface area contributed by atoms with E-state index in [4.69, 9.17) is 4.74 Å². The third-order valence-corrected chi connectivity index (χ3v) is 3.58. The second-order valence-corrected chi connectivity index (χ2v) is 5.59. The second-order valence-electron chi connectivity index (χ2n) is 4.68. The number of urea groups is 1. The number of amides is 2. The molecule has 4 nitrogen and oxygen atoms in total. The van der Waals surface area contributed by atoms with E-state index in [0.717, 1.165) is 27.9 Å². The molecule has 2 rings (SSSR count). The minimum absolute atomic E-state index is 0.212. The molecule has 0 aliphatic carbocycles. The normalized spacial score (nSPS) is 10.1. The van der Waals surface area contributed by atoms with Gasteiger partial charge in [-0.1, -0.05) is 34.1 Å². The number of nitrogens with one attached hydrogen (secondary N) is 2. The van der Waals surface area contributed by atoms with Gasteiger partial charge in [0.1, 0.15) is 5.75 Å². The molecule has 0 unspecified atom stereocenters. The van der Waals surface area contributed by atoms with Crippen molar-refractivity contribution in [1.29, 1.82) is 0 Å². The third kappa shape index (κ3) is 5.07. The van der Waals surface area contributed by atoms with Crippen LogP contribution in [0.4, 0.5) is 10.5 Å². The second kappa shape index (κ2) is 8.44. The van der Waals surface area contributed by atoms with Gasteiger partial charge in [0.15, 0.2) is 0 Å². The lowest BCUT2D eigenvalue weighted by Crippen LogP contribution is -2.30. The van der Waals surface area contributed by atoms with E-state index in [-0.39, 0.29) is 6.03 Å². The number of para-hydroxylation sites is 1. The van der Waals surface area contributed by atoms with Gasteiger partial charge in [0, 0.05) is 16.7 Å². The highest BCUT2D eigenvalue weighted by molar-refractivity contribution is 9.10. The van der Waals surface area contributed by atoms with Crippen LogP contribution in [0.15, 0.2) is 53.0 Å². The maximum atomic E-state index is 11.8. The first-order valence-corrected chi connectivity index (χ1v) is 7.99. The quantitative estimate of drug-likeness (QED) is 0.808. The van der Waals surface area contributed by atoms with Crippen LogP contribution in [0.25, 0.3) is 0 Å². The lowest BCUT2D eigenvalue weighted by Gasteiger charge is -2.11. The molecular formula is C17H19BrN2O2. The maximum Gasteiger partial charge on any atom is 0.319 e. The summed E-state index contributed by atoms with van der Waals surface area (Å²) in [5.74, 6) is 0.875. The van der Waals surface area contributed by atoms with Gasteiger partial charge in [0.2, 0.25) is 0 Å². The summed E-state index contributed by atoms with van der Waals surface area (Å²) >= 11 is 3.36. The minimum atomic E-state index is -0.212. The fourth-order valence-electron chi connectivity index (χ4n) is 2.03. The molecule has 0 atom stereocenters. The van der Waals surface area contributed by atoms with E-state index in [1.54, 1.807) is 0 Å². The summed E-state index contributed by atoms with van der Waals surface area (Å²) in [6.45, 7) is 3.14. The maximum absolute atomic E-state index is 11.8. The highest BCUT2D eigenvalue weighted by Crippen LogP contribution is 2.18. The molecule has 2 aromatic carbocycles.